The summed E-state index contributed by atoms with van der Waals surface area (Å²) >= 11 is 0. The lowest BCUT2D eigenvalue weighted by molar-refractivity contribution is 0.396. The lowest BCUT2D eigenvalue weighted by Gasteiger charge is -2.10. The third-order valence-corrected chi connectivity index (χ3v) is 1.41. The molecule has 0 rings (SSSR count). The van der Waals surface area contributed by atoms with Crippen LogP contribution in [0.2, 0.25) is 0 Å². The summed E-state index contributed by atoms with van der Waals surface area (Å²) in [5.74, 6) is 0.122. The monoisotopic (exact) mass is 155 g/mol. The van der Waals surface area contributed by atoms with E-state index in [4.69, 9.17) is 5.26 Å². The molecule has 1 unspecified atom stereocenters. The second-order valence-corrected chi connectivity index (χ2v) is 3.04. The highest BCUT2D eigenvalue weighted by Crippen LogP contribution is 1.86. The first-order valence-corrected chi connectivity index (χ1v) is 3.92. The summed E-state index contributed by atoms with van der Waals surface area (Å²) in [6, 6.07) is 2.18. The number of rotatable bonds is 5. The van der Waals surface area contributed by atoms with E-state index in [0.29, 0.717) is 0 Å². The number of hydrogen-bond donors (Lipinski definition) is 1. The lowest BCUT2D eigenvalue weighted by atomic mass is 10.2. The minimum Gasteiger partial charge on any atom is -0.314 e. The molecule has 0 aromatic carbocycles. The highest BCUT2D eigenvalue weighted by Gasteiger charge is 1.96. The van der Waals surface area contributed by atoms with Gasteiger partial charge in [-0.15, -0.1) is 0 Å². The number of nitrogens with one attached hydrogen (secondary N) is 1. The Morgan fingerprint density at radius 1 is 1.55 bits per heavy atom. The van der Waals surface area contributed by atoms with Crippen molar-refractivity contribution in [3.63, 3.8) is 0 Å². The van der Waals surface area contributed by atoms with Crippen LogP contribution in [0.15, 0.2) is 0 Å². The van der Waals surface area contributed by atoms with Crippen LogP contribution in [0.5, 0.6) is 0 Å². The summed E-state index contributed by atoms with van der Waals surface area (Å²) in [7, 11) is 4.07. The van der Waals surface area contributed by atoms with Gasteiger partial charge >= 0.3 is 0 Å². The Balaban J connectivity index is 3.10. The van der Waals surface area contributed by atoms with Gasteiger partial charge < -0.3 is 10.2 Å². The molecule has 0 spiro atoms. The number of nitriles is 1. The van der Waals surface area contributed by atoms with Gasteiger partial charge in [-0.05, 0) is 21.0 Å². The molecule has 0 aromatic heterocycles. The highest BCUT2D eigenvalue weighted by atomic mass is 15.1. The van der Waals surface area contributed by atoms with Gasteiger partial charge in [-0.3, -0.25) is 0 Å². The molecule has 3 nitrogen and oxygen atoms in total. The van der Waals surface area contributed by atoms with Crippen molar-refractivity contribution in [2.75, 3.05) is 33.7 Å². The van der Waals surface area contributed by atoms with Crippen LogP contribution in [0, 0.1) is 17.2 Å². The molecule has 0 amide bonds. The molecule has 0 fully saturated rings. The van der Waals surface area contributed by atoms with Crippen LogP contribution in [0.25, 0.3) is 0 Å². The zero-order chi connectivity index (χ0) is 8.69. The van der Waals surface area contributed by atoms with E-state index in [9.17, 15) is 0 Å². The summed E-state index contributed by atoms with van der Waals surface area (Å²) in [5, 5.41) is 11.6. The predicted molar refractivity (Wildman–Crippen MR) is 46.2 cm³/mol. The molecule has 0 aliphatic rings. The molecule has 0 saturated heterocycles. The molecule has 11 heavy (non-hydrogen) atoms. The topological polar surface area (TPSA) is 39.1 Å². The largest absolute Gasteiger partial charge is 0.314 e. The summed E-state index contributed by atoms with van der Waals surface area (Å²) in [6.45, 7) is 4.70. The van der Waals surface area contributed by atoms with Crippen molar-refractivity contribution in [2.45, 2.75) is 6.92 Å². The molecule has 1 N–H and O–H groups in total. The van der Waals surface area contributed by atoms with E-state index in [0.717, 1.165) is 19.6 Å². The zero-order valence-electron chi connectivity index (χ0n) is 7.59. The Morgan fingerprint density at radius 3 is 2.64 bits per heavy atom. The van der Waals surface area contributed by atoms with Gasteiger partial charge in [0.25, 0.3) is 0 Å². The molecule has 0 saturated carbocycles. The van der Waals surface area contributed by atoms with E-state index in [1.807, 2.05) is 21.0 Å². The maximum Gasteiger partial charge on any atom is 0.0666 e. The minimum absolute atomic E-state index is 0.122. The number of likely N-dealkylation sites (N-methyl/N-ethyl adjacent to an activating group) is 1. The van der Waals surface area contributed by atoms with Crippen LogP contribution in [-0.2, 0) is 0 Å². The normalized spacial score (nSPS) is 13.0. The summed E-state index contributed by atoms with van der Waals surface area (Å²) in [6.07, 6.45) is 0. The van der Waals surface area contributed by atoms with Crippen LogP contribution in [0.4, 0.5) is 0 Å². The van der Waals surface area contributed by atoms with E-state index in [1.165, 1.54) is 0 Å². The van der Waals surface area contributed by atoms with Gasteiger partial charge in [-0.1, -0.05) is 0 Å². The van der Waals surface area contributed by atoms with Crippen molar-refractivity contribution in [2.24, 2.45) is 5.92 Å². The van der Waals surface area contributed by atoms with Crippen LogP contribution in [-0.4, -0.2) is 38.6 Å². The SMILES string of the molecule is CC(C#N)CNCCN(C)C. The van der Waals surface area contributed by atoms with Crippen molar-refractivity contribution < 1.29 is 0 Å². The van der Waals surface area contributed by atoms with E-state index in [-0.39, 0.29) is 5.92 Å². The first-order chi connectivity index (χ1) is 5.16. The average Bonchev–Trinajstić information content (AvgIpc) is 1.97. The zero-order valence-corrected chi connectivity index (χ0v) is 7.59. The van der Waals surface area contributed by atoms with Crippen LogP contribution in [0.3, 0.4) is 0 Å². The number of hydrogen-bond acceptors (Lipinski definition) is 3. The summed E-state index contributed by atoms with van der Waals surface area (Å²) in [4.78, 5) is 2.12. The van der Waals surface area contributed by atoms with Gasteiger partial charge in [-0.2, -0.15) is 5.26 Å². The van der Waals surface area contributed by atoms with E-state index in [2.05, 4.69) is 16.3 Å². The molecule has 0 radical (unpaired) electrons. The smallest absolute Gasteiger partial charge is 0.0666 e. The van der Waals surface area contributed by atoms with Gasteiger partial charge in [-0.25, -0.2) is 0 Å². The fraction of sp³-hybridized carbons (Fsp3) is 0.875. The molecule has 0 aromatic rings. The van der Waals surface area contributed by atoms with Crippen molar-refractivity contribution >= 4 is 0 Å². The first-order valence-electron chi connectivity index (χ1n) is 3.92. The average molecular weight is 155 g/mol. The van der Waals surface area contributed by atoms with Crippen molar-refractivity contribution in [1.29, 1.82) is 5.26 Å². The molecule has 0 aliphatic carbocycles. The summed E-state index contributed by atoms with van der Waals surface area (Å²) in [5.41, 5.74) is 0. The minimum atomic E-state index is 0.122. The maximum absolute atomic E-state index is 8.44. The Morgan fingerprint density at radius 2 is 2.18 bits per heavy atom. The Labute approximate surface area is 69.0 Å². The van der Waals surface area contributed by atoms with E-state index >= 15 is 0 Å². The molecule has 0 aliphatic heterocycles. The van der Waals surface area contributed by atoms with Crippen LogP contribution in [0.1, 0.15) is 6.92 Å². The predicted octanol–water partition coefficient (Wildman–Crippen LogP) is 0.297. The molecular formula is C8H17N3. The third-order valence-electron chi connectivity index (χ3n) is 1.41. The third kappa shape index (κ3) is 7.31. The maximum atomic E-state index is 8.44. The van der Waals surface area contributed by atoms with Gasteiger partial charge in [0.15, 0.2) is 0 Å². The van der Waals surface area contributed by atoms with E-state index < -0.39 is 0 Å². The van der Waals surface area contributed by atoms with Gasteiger partial charge in [0.2, 0.25) is 0 Å². The Hall–Kier alpha value is -0.590. The van der Waals surface area contributed by atoms with Gasteiger partial charge in [0.1, 0.15) is 0 Å². The van der Waals surface area contributed by atoms with E-state index in [1.54, 1.807) is 0 Å². The van der Waals surface area contributed by atoms with Crippen molar-refractivity contribution in [1.82, 2.24) is 10.2 Å². The second kappa shape index (κ2) is 6.14. The van der Waals surface area contributed by atoms with Crippen molar-refractivity contribution in [3.8, 4) is 6.07 Å². The molecule has 0 heterocycles. The summed E-state index contributed by atoms with van der Waals surface area (Å²) < 4.78 is 0. The molecular weight excluding hydrogens is 138 g/mol. The lowest BCUT2D eigenvalue weighted by Crippen LogP contribution is -2.29. The van der Waals surface area contributed by atoms with Gasteiger partial charge in [0, 0.05) is 19.6 Å². The first kappa shape index (κ1) is 10.4. The number of nitrogens with zero attached hydrogens (tertiary/aromatic N) is 2. The van der Waals surface area contributed by atoms with Crippen molar-refractivity contribution in [3.05, 3.63) is 0 Å². The molecule has 1 atom stereocenters. The molecule has 3 heteroatoms. The Bertz CT molecular complexity index is 126. The van der Waals surface area contributed by atoms with Crippen LogP contribution >= 0.6 is 0 Å². The van der Waals surface area contributed by atoms with Gasteiger partial charge in [0.05, 0.1) is 12.0 Å². The fourth-order valence-electron chi connectivity index (χ4n) is 0.667. The highest BCUT2D eigenvalue weighted by molar-refractivity contribution is 4.79. The van der Waals surface area contributed by atoms with Crippen LogP contribution < -0.4 is 5.32 Å². The quantitative estimate of drug-likeness (QED) is 0.580. The molecule has 0 bridgehead atoms. The second-order valence-electron chi connectivity index (χ2n) is 3.04. The fourth-order valence-corrected chi connectivity index (χ4v) is 0.667. The standard InChI is InChI=1S/C8H17N3/c1-8(6-9)7-10-4-5-11(2)3/h8,10H,4-5,7H2,1-3H3. The molecule has 64 valence electrons. The Kier molecular flexibility index (Phi) is 5.81.